The molecule has 0 aliphatic rings. The quantitative estimate of drug-likeness (QED) is 0.858. The van der Waals surface area contributed by atoms with E-state index < -0.39 is 6.10 Å². The van der Waals surface area contributed by atoms with Gasteiger partial charge in [0.2, 0.25) is 0 Å². The number of hydrogen-bond acceptors (Lipinski definition) is 3. The zero-order valence-corrected chi connectivity index (χ0v) is 11.1. The molecule has 0 fully saturated rings. The Hall–Kier alpha value is -0.460. The fourth-order valence-electron chi connectivity index (χ4n) is 1.30. The molecule has 1 atom stereocenters. The molecule has 0 spiro atoms. The molecular formula is C11H10INOS. The molecule has 78 valence electrons. The molecule has 1 N–H and O–H groups in total. The smallest absolute Gasteiger partial charge is 0.106 e. The number of hydrogen-bond donors (Lipinski definition) is 1. The highest BCUT2D eigenvalue weighted by molar-refractivity contribution is 14.1. The fraction of sp³-hybridized carbons (Fsp3) is 0.182. The highest BCUT2D eigenvalue weighted by Gasteiger charge is 2.11. The number of nitrogens with zero attached hydrogens (tertiary/aromatic N) is 1. The number of halogens is 1. The third-order valence-corrected chi connectivity index (χ3v) is 3.96. The molecule has 0 bridgehead atoms. The average molecular weight is 331 g/mol. The van der Waals surface area contributed by atoms with Gasteiger partial charge in [-0.25, -0.2) is 0 Å². The first-order chi connectivity index (χ1) is 7.16. The molecule has 2 aromatic rings. The number of rotatable bonds is 2. The lowest BCUT2D eigenvalue weighted by molar-refractivity contribution is 0.220. The van der Waals surface area contributed by atoms with Gasteiger partial charge in [0.25, 0.3) is 0 Å². The molecule has 0 aliphatic heterocycles. The van der Waals surface area contributed by atoms with Crippen LogP contribution in [0.5, 0.6) is 0 Å². The first-order valence-electron chi connectivity index (χ1n) is 4.51. The molecule has 0 saturated carbocycles. The van der Waals surface area contributed by atoms with Crippen LogP contribution in [-0.2, 0) is 0 Å². The van der Waals surface area contributed by atoms with E-state index in [0.717, 1.165) is 16.8 Å². The maximum absolute atomic E-state index is 10.1. The van der Waals surface area contributed by atoms with E-state index in [9.17, 15) is 5.11 Å². The third-order valence-electron chi connectivity index (χ3n) is 2.15. The van der Waals surface area contributed by atoms with Crippen LogP contribution in [-0.4, -0.2) is 10.1 Å². The minimum atomic E-state index is -0.558. The summed E-state index contributed by atoms with van der Waals surface area (Å²) >= 11 is 3.89. The molecule has 1 unspecified atom stereocenters. The summed E-state index contributed by atoms with van der Waals surface area (Å²) in [7, 11) is 0. The van der Waals surface area contributed by atoms with Gasteiger partial charge in [-0.15, -0.1) is 11.3 Å². The summed E-state index contributed by atoms with van der Waals surface area (Å²) in [6.45, 7) is 1.93. The summed E-state index contributed by atoms with van der Waals surface area (Å²) in [5, 5.41) is 12.0. The Bertz CT molecular complexity index is 452. The number of pyridine rings is 1. The molecule has 15 heavy (non-hydrogen) atoms. The molecule has 2 heterocycles. The van der Waals surface area contributed by atoms with Crippen molar-refractivity contribution >= 4 is 33.9 Å². The van der Waals surface area contributed by atoms with E-state index in [2.05, 4.69) is 27.6 Å². The lowest BCUT2D eigenvalue weighted by Crippen LogP contribution is -1.98. The van der Waals surface area contributed by atoms with E-state index in [4.69, 9.17) is 0 Å². The van der Waals surface area contributed by atoms with Crippen molar-refractivity contribution in [1.29, 1.82) is 0 Å². The van der Waals surface area contributed by atoms with Gasteiger partial charge in [-0.2, -0.15) is 0 Å². The van der Waals surface area contributed by atoms with Crippen LogP contribution in [0.2, 0.25) is 0 Å². The maximum Gasteiger partial charge on any atom is 0.106 e. The Morgan fingerprint density at radius 1 is 1.40 bits per heavy atom. The monoisotopic (exact) mass is 331 g/mol. The molecular weight excluding hydrogens is 321 g/mol. The van der Waals surface area contributed by atoms with E-state index in [1.807, 2.05) is 30.5 Å². The van der Waals surface area contributed by atoms with Gasteiger partial charge in [0.1, 0.15) is 6.10 Å². The zero-order chi connectivity index (χ0) is 10.8. The number of aryl methyl sites for hydroxylation is 1. The first kappa shape index (κ1) is 11.0. The molecule has 0 amide bonds. The highest BCUT2D eigenvalue weighted by Crippen LogP contribution is 2.26. The lowest BCUT2D eigenvalue weighted by atomic mass is 10.1. The van der Waals surface area contributed by atoms with Gasteiger partial charge < -0.3 is 5.11 Å². The predicted molar refractivity (Wildman–Crippen MR) is 70.1 cm³/mol. The van der Waals surface area contributed by atoms with Gasteiger partial charge in [0.15, 0.2) is 0 Å². The number of aliphatic hydroxyl groups is 1. The summed E-state index contributed by atoms with van der Waals surface area (Å²) < 4.78 is 1.18. The second-order valence-corrected chi connectivity index (χ2v) is 6.13. The van der Waals surface area contributed by atoms with E-state index >= 15 is 0 Å². The molecule has 0 saturated heterocycles. The van der Waals surface area contributed by atoms with Crippen LogP contribution in [0.25, 0.3) is 0 Å². The summed E-state index contributed by atoms with van der Waals surface area (Å²) in [5.74, 6) is 0. The van der Waals surface area contributed by atoms with Crippen molar-refractivity contribution in [1.82, 2.24) is 4.98 Å². The zero-order valence-electron chi connectivity index (χ0n) is 8.14. The maximum atomic E-state index is 10.1. The summed E-state index contributed by atoms with van der Waals surface area (Å²) in [6, 6.07) is 5.82. The van der Waals surface area contributed by atoms with Crippen molar-refractivity contribution in [3.8, 4) is 0 Å². The number of thiophene rings is 1. The molecule has 0 aliphatic carbocycles. The Morgan fingerprint density at radius 3 is 2.73 bits per heavy atom. The van der Waals surface area contributed by atoms with Crippen LogP contribution in [0.3, 0.4) is 0 Å². The minimum absolute atomic E-state index is 0.558. The lowest BCUT2D eigenvalue weighted by Gasteiger charge is -2.08. The van der Waals surface area contributed by atoms with Crippen molar-refractivity contribution in [2.45, 2.75) is 13.0 Å². The predicted octanol–water partition coefficient (Wildman–Crippen LogP) is 3.14. The van der Waals surface area contributed by atoms with E-state index in [0.29, 0.717) is 0 Å². The Morgan fingerprint density at radius 2 is 2.20 bits per heavy atom. The number of aromatic nitrogens is 1. The van der Waals surface area contributed by atoms with Crippen LogP contribution < -0.4 is 0 Å². The topological polar surface area (TPSA) is 33.1 Å². The van der Waals surface area contributed by atoms with E-state index in [1.165, 1.54) is 2.88 Å². The minimum Gasteiger partial charge on any atom is -0.384 e. The first-order valence-corrected chi connectivity index (χ1v) is 6.47. The summed E-state index contributed by atoms with van der Waals surface area (Å²) in [5.41, 5.74) is 2.75. The largest absolute Gasteiger partial charge is 0.384 e. The molecule has 0 aromatic carbocycles. The summed E-state index contributed by atoms with van der Waals surface area (Å²) in [4.78, 5) is 4.17. The normalized spacial score (nSPS) is 12.7. The molecule has 0 radical (unpaired) electrons. The number of aliphatic hydroxyl groups excluding tert-OH is 1. The van der Waals surface area contributed by atoms with Gasteiger partial charge in [-0.05, 0) is 52.6 Å². The van der Waals surface area contributed by atoms with Crippen molar-refractivity contribution in [2.24, 2.45) is 0 Å². The van der Waals surface area contributed by atoms with Crippen molar-refractivity contribution < 1.29 is 5.11 Å². The van der Waals surface area contributed by atoms with E-state index in [1.54, 1.807) is 17.5 Å². The van der Waals surface area contributed by atoms with Crippen LogP contribution >= 0.6 is 33.9 Å². The third kappa shape index (κ3) is 2.56. The van der Waals surface area contributed by atoms with Gasteiger partial charge in [0, 0.05) is 17.5 Å². The molecule has 2 aromatic heterocycles. The summed E-state index contributed by atoms with van der Waals surface area (Å²) in [6.07, 6.45) is 1.17. The fourth-order valence-corrected chi connectivity index (χ4v) is 2.69. The Labute approximate surface area is 106 Å². The van der Waals surface area contributed by atoms with Gasteiger partial charge in [-0.3, -0.25) is 4.98 Å². The van der Waals surface area contributed by atoms with Crippen LogP contribution in [0.4, 0.5) is 0 Å². The van der Waals surface area contributed by atoms with Crippen LogP contribution in [0, 0.1) is 9.81 Å². The van der Waals surface area contributed by atoms with Crippen molar-refractivity contribution in [2.75, 3.05) is 0 Å². The standard InChI is InChI=1S/C11H10INOS/c1-7-2-3-8(5-13-7)11(14)9-4-10(12)15-6-9/h2-6,11,14H,1H3. The van der Waals surface area contributed by atoms with E-state index in [-0.39, 0.29) is 0 Å². The Kier molecular flexibility index (Phi) is 3.38. The van der Waals surface area contributed by atoms with Crippen LogP contribution in [0.15, 0.2) is 29.8 Å². The van der Waals surface area contributed by atoms with Crippen LogP contribution in [0.1, 0.15) is 22.9 Å². The van der Waals surface area contributed by atoms with Gasteiger partial charge >= 0.3 is 0 Å². The second-order valence-electron chi connectivity index (χ2n) is 3.32. The van der Waals surface area contributed by atoms with Gasteiger partial charge in [0.05, 0.1) is 2.88 Å². The second kappa shape index (κ2) is 4.59. The van der Waals surface area contributed by atoms with Gasteiger partial charge in [-0.1, -0.05) is 6.07 Å². The van der Waals surface area contributed by atoms with Crippen molar-refractivity contribution in [3.63, 3.8) is 0 Å². The molecule has 2 rings (SSSR count). The molecule has 4 heteroatoms. The van der Waals surface area contributed by atoms with Crippen molar-refractivity contribution in [3.05, 3.63) is 49.5 Å². The Balaban J connectivity index is 2.28. The average Bonchev–Trinajstić information content (AvgIpc) is 2.65. The SMILES string of the molecule is Cc1ccc(C(O)c2csc(I)c2)cn1. The highest BCUT2D eigenvalue weighted by atomic mass is 127. The molecule has 2 nitrogen and oxygen atoms in total.